The van der Waals surface area contributed by atoms with Gasteiger partial charge in [0.15, 0.2) is 0 Å². The lowest BCUT2D eigenvalue weighted by atomic mass is 10.1. The monoisotopic (exact) mass is 269 g/mol. The lowest BCUT2D eigenvalue weighted by molar-refractivity contribution is 0.211. The molecule has 102 valence electrons. The Morgan fingerprint density at radius 2 is 2.15 bits per heavy atom. The molecule has 0 amide bonds. The van der Waals surface area contributed by atoms with Gasteiger partial charge in [-0.1, -0.05) is 0 Å². The maximum absolute atomic E-state index is 12.0. The van der Waals surface area contributed by atoms with Crippen LogP contribution in [0.1, 0.15) is 0 Å². The van der Waals surface area contributed by atoms with Crippen LogP contribution in [0.3, 0.4) is 0 Å². The van der Waals surface area contributed by atoms with Gasteiger partial charge in [-0.3, -0.25) is 4.79 Å². The number of ether oxygens (including phenoxy) is 1. The molecule has 2 N–H and O–H groups in total. The number of rotatable bonds is 4. The molecule has 5 heteroatoms. The summed E-state index contributed by atoms with van der Waals surface area (Å²) in [7, 11) is 1.67. The van der Waals surface area contributed by atoms with Gasteiger partial charge in [-0.25, -0.2) is 4.98 Å². The summed E-state index contributed by atoms with van der Waals surface area (Å²) in [5.41, 5.74) is 1.46. The van der Waals surface area contributed by atoms with Gasteiger partial charge in [0.25, 0.3) is 5.56 Å². The summed E-state index contributed by atoms with van der Waals surface area (Å²) in [4.78, 5) is 19.0. The molecule has 20 heavy (non-hydrogen) atoms. The van der Waals surface area contributed by atoms with E-state index in [0.29, 0.717) is 17.6 Å². The van der Waals surface area contributed by atoms with Crippen molar-refractivity contribution in [1.29, 1.82) is 0 Å². The van der Waals surface area contributed by atoms with Crippen molar-refractivity contribution in [3.05, 3.63) is 46.9 Å². The van der Waals surface area contributed by atoms with Crippen LogP contribution in [0.4, 0.5) is 5.69 Å². The van der Waals surface area contributed by atoms with E-state index >= 15 is 0 Å². The van der Waals surface area contributed by atoms with Gasteiger partial charge in [-0.2, -0.15) is 0 Å². The van der Waals surface area contributed by atoms with E-state index in [9.17, 15) is 4.79 Å². The number of benzene rings is 1. The van der Waals surface area contributed by atoms with E-state index in [-0.39, 0.29) is 5.56 Å². The van der Waals surface area contributed by atoms with Crippen molar-refractivity contribution in [1.82, 2.24) is 9.97 Å². The number of hydrogen-bond donors (Lipinski definition) is 2. The van der Waals surface area contributed by atoms with Crippen LogP contribution in [0.15, 0.2) is 41.3 Å². The second-order valence-corrected chi connectivity index (χ2v) is 4.53. The van der Waals surface area contributed by atoms with E-state index < -0.39 is 0 Å². The van der Waals surface area contributed by atoms with E-state index in [1.807, 2.05) is 30.3 Å². The Hall–Kier alpha value is -2.40. The first kappa shape index (κ1) is 12.6. The van der Waals surface area contributed by atoms with Crippen LogP contribution in [-0.2, 0) is 4.74 Å². The smallest absolute Gasteiger partial charge is 0.257 e. The highest BCUT2D eigenvalue weighted by Gasteiger charge is 2.06. The third kappa shape index (κ3) is 2.23. The van der Waals surface area contributed by atoms with Crippen LogP contribution >= 0.6 is 0 Å². The molecule has 5 nitrogen and oxygen atoms in total. The highest BCUT2D eigenvalue weighted by Crippen LogP contribution is 2.22. The Bertz CT molecular complexity index is 811. The fourth-order valence-electron chi connectivity index (χ4n) is 2.27. The van der Waals surface area contributed by atoms with Crippen LogP contribution in [0, 0.1) is 0 Å². The number of hydrogen-bond acceptors (Lipinski definition) is 4. The van der Waals surface area contributed by atoms with Crippen molar-refractivity contribution < 1.29 is 4.74 Å². The van der Waals surface area contributed by atoms with Crippen LogP contribution in [0.5, 0.6) is 0 Å². The van der Waals surface area contributed by atoms with E-state index in [2.05, 4.69) is 15.3 Å². The molecule has 0 aliphatic carbocycles. The first-order valence-electron chi connectivity index (χ1n) is 6.43. The molecule has 1 aromatic carbocycles. The van der Waals surface area contributed by atoms with Crippen LogP contribution in [-0.4, -0.2) is 30.2 Å². The molecule has 2 heterocycles. The molecule has 0 unspecified atom stereocenters. The number of aromatic amines is 1. The van der Waals surface area contributed by atoms with Gasteiger partial charge >= 0.3 is 0 Å². The molecular weight excluding hydrogens is 254 g/mol. The van der Waals surface area contributed by atoms with Gasteiger partial charge < -0.3 is 15.0 Å². The molecule has 0 aliphatic rings. The number of aromatic nitrogens is 2. The van der Waals surface area contributed by atoms with Gasteiger partial charge in [0.2, 0.25) is 0 Å². The molecular formula is C15H15N3O2. The second kappa shape index (κ2) is 5.30. The number of pyridine rings is 2. The summed E-state index contributed by atoms with van der Waals surface area (Å²) in [6.07, 6.45) is 1.67. The van der Waals surface area contributed by atoms with E-state index in [4.69, 9.17) is 4.74 Å². The maximum Gasteiger partial charge on any atom is 0.257 e. The molecule has 0 atom stereocenters. The Morgan fingerprint density at radius 1 is 1.25 bits per heavy atom. The molecule has 0 aliphatic heterocycles. The first-order chi connectivity index (χ1) is 9.79. The summed E-state index contributed by atoms with van der Waals surface area (Å²) >= 11 is 0. The maximum atomic E-state index is 12.0. The van der Waals surface area contributed by atoms with Crippen LogP contribution < -0.4 is 10.9 Å². The number of H-pyrrole nitrogens is 1. The Kier molecular flexibility index (Phi) is 3.35. The van der Waals surface area contributed by atoms with E-state index in [1.165, 1.54) is 0 Å². The first-order valence-corrected chi connectivity index (χ1v) is 6.43. The minimum Gasteiger partial charge on any atom is -0.383 e. The molecule has 0 radical (unpaired) electrons. The topological polar surface area (TPSA) is 67.0 Å². The zero-order valence-electron chi connectivity index (χ0n) is 11.1. The second-order valence-electron chi connectivity index (χ2n) is 4.53. The quantitative estimate of drug-likeness (QED) is 0.562. The Balaban J connectivity index is 2.16. The largest absolute Gasteiger partial charge is 0.383 e. The summed E-state index contributed by atoms with van der Waals surface area (Å²) in [5, 5.41) is 5.78. The van der Waals surface area contributed by atoms with Crippen molar-refractivity contribution >= 4 is 27.5 Å². The molecule has 3 aromatic rings. The fourth-order valence-corrected chi connectivity index (χ4v) is 2.27. The SMILES string of the molecule is COCCNc1ccc2c(=O)[nH]c3ncccc3c2c1. The third-order valence-electron chi connectivity index (χ3n) is 3.23. The number of fused-ring (bicyclic) bond motifs is 3. The number of anilines is 1. The molecule has 2 aromatic heterocycles. The highest BCUT2D eigenvalue weighted by molar-refractivity contribution is 6.05. The van der Waals surface area contributed by atoms with Crippen LogP contribution in [0.2, 0.25) is 0 Å². The van der Waals surface area contributed by atoms with Gasteiger partial charge in [0, 0.05) is 41.7 Å². The Labute approximate surface area is 115 Å². The van der Waals surface area contributed by atoms with Crippen molar-refractivity contribution in [2.24, 2.45) is 0 Å². The summed E-state index contributed by atoms with van der Waals surface area (Å²) < 4.78 is 5.01. The molecule has 0 saturated carbocycles. The lowest BCUT2D eigenvalue weighted by Gasteiger charge is -2.08. The molecule has 0 bridgehead atoms. The third-order valence-corrected chi connectivity index (χ3v) is 3.23. The van der Waals surface area contributed by atoms with Crippen molar-refractivity contribution in [2.45, 2.75) is 0 Å². The average molecular weight is 269 g/mol. The predicted molar refractivity (Wildman–Crippen MR) is 80.2 cm³/mol. The minimum absolute atomic E-state index is 0.116. The van der Waals surface area contributed by atoms with E-state index in [1.54, 1.807) is 13.3 Å². The zero-order valence-corrected chi connectivity index (χ0v) is 11.1. The summed E-state index contributed by atoms with van der Waals surface area (Å²) in [6, 6.07) is 9.53. The molecule has 0 fully saturated rings. The number of nitrogens with one attached hydrogen (secondary N) is 2. The number of methoxy groups -OCH3 is 1. The normalized spacial score (nSPS) is 11.1. The standard InChI is InChI=1S/C15H15N3O2/c1-20-8-7-16-10-4-5-12-13(9-10)11-3-2-6-17-14(11)18-15(12)19/h2-6,9,16H,7-8H2,1H3,(H,17,18,19). The van der Waals surface area contributed by atoms with Crippen molar-refractivity contribution in [3.8, 4) is 0 Å². The minimum atomic E-state index is -0.116. The van der Waals surface area contributed by atoms with Crippen LogP contribution in [0.25, 0.3) is 21.8 Å². The van der Waals surface area contributed by atoms with Gasteiger partial charge in [-0.05, 0) is 30.3 Å². The molecule has 0 saturated heterocycles. The predicted octanol–water partition coefficient (Wildman–Crippen LogP) is 2.13. The van der Waals surface area contributed by atoms with Gasteiger partial charge in [0.05, 0.1) is 6.61 Å². The van der Waals surface area contributed by atoms with Gasteiger partial charge in [-0.15, -0.1) is 0 Å². The molecule has 0 spiro atoms. The van der Waals surface area contributed by atoms with Crippen molar-refractivity contribution in [3.63, 3.8) is 0 Å². The fraction of sp³-hybridized carbons (Fsp3) is 0.200. The lowest BCUT2D eigenvalue weighted by Crippen LogP contribution is -2.09. The van der Waals surface area contributed by atoms with E-state index in [0.717, 1.165) is 23.0 Å². The molecule has 3 rings (SSSR count). The average Bonchev–Trinajstić information content (AvgIpc) is 2.48. The summed E-state index contributed by atoms with van der Waals surface area (Å²) in [5.74, 6) is 0. The van der Waals surface area contributed by atoms with Gasteiger partial charge in [0.1, 0.15) is 5.65 Å². The summed E-state index contributed by atoms with van der Waals surface area (Å²) in [6.45, 7) is 1.36. The number of nitrogens with zero attached hydrogens (tertiary/aromatic N) is 1. The zero-order chi connectivity index (χ0) is 13.9. The Morgan fingerprint density at radius 3 is 3.00 bits per heavy atom. The highest BCUT2D eigenvalue weighted by atomic mass is 16.5. The van der Waals surface area contributed by atoms with Crippen molar-refractivity contribution in [2.75, 3.05) is 25.6 Å².